The van der Waals surface area contributed by atoms with Gasteiger partial charge in [0.25, 0.3) is 0 Å². The van der Waals surface area contributed by atoms with Crippen LogP contribution in [0.1, 0.15) is 41.2 Å². The highest BCUT2D eigenvalue weighted by Gasteiger charge is 2.36. The van der Waals surface area contributed by atoms with Crippen molar-refractivity contribution in [2.24, 2.45) is 0 Å². The fourth-order valence-electron chi connectivity index (χ4n) is 3.43. The molecule has 0 spiro atoms. The third kappa shape index (κ3) is 2.22. The number of aromatic nitrogens is 1. The minimum absolute atomic E-state index is 0.00506. The van der Waals surface area contributed by atoms with Crippen LogP contribution in [-0.4, -0.2) is 16.1 Å². The van der Waals surface area contributed by atoms with E-state index in [-0.39, 0.29) is 10.3 Å². The normalized spacial score (nSPS) is 15.8. The second-order valence-corrected chi connectivity index (χ2v) is 10.1. The molecule has 124 valence electrons. The highest BCUT2D eigenvalue weighted by molar-refractivity contribution is 9.11. The molecule has 24 heavy (non-hydrogen) atoms. The van der Waals surface area contributed by atoms with Crippen molar-refractivity contribution in [2.75, 3.05) is 5.73 Å². The first-order valence-electron chi connectivity index (χ1n) is 7.54. The van der Waals surface area contributed by atoms with E-state index in [1.54, 1.807) is 11.3 Å². The van der Waals surface area contributed by atoms with Crippen LogP contribution in [-0.2, 0) is 11.8 Å². The molecular formula is C17H15BrN2O2S2. The molecule has 0 atom stereocenters. The first kappa shape index (κ1) is 16.1. The summed E-state index contributed by atoms with van der Waals surface area (Å²) in [4.78, 5) is 18.4. The van der Waals surface area contributed by atoms with E-state index in [4.69, 9.17) is 10.7 Å². The molecule has 3 aromatic rings. The first-order valence-corrected chi connectivity index (χ1v) is 9.96. The van der Waals surface area contributed by atoms with Crippen LogP contribution in [0.3, 0.4) is 0 Å². The van der Waals surface area contributed by atoms with E-state index < -0.39 is 5.97 Å². The fourth-order valence-corrected chi connectivity index (χ4v) is 5.84. The molecule has 1 aliphatic rings. The Kier molecular flexibility index (Phi) is 3.53. The van der Waals surface area contributed by atoms with Crippen molar-refractivity contribution >= 4 is 60.5 Å². The molecule has 0 aromatic carbocycles. The molecule has 3 heterocycles. The number of anilines is 1. The number of aromatic carboxylic acids is 1. The number of carboxylic acids is 1. The third-order valence-electron chi connectivity index (χ3n) is 4.63. The Morgan fingerprint density at radius 3 is 2.75 bits per heavy atom. The molecule has 0 fully saturated rings. The number of rotatable bonds is 2. The van der Waals surface area contributed by atoms with Crippen LogP contribution < -0.4 is 5.73 Å². The van der Waals surface area contributed by atoms with Crippen molar-refractivity contribution in [2.45, 2.75) is 32.1 Å². The highest BCUT2D eigenvalue weighted by atomic mass is 79.9. The van der Waals surface area contributed by atoms with E-state index in [1.807, 2.05) is 6.07 Å². The van der Waals surface area contributed by atoms with Crippen LogP contribution in [0.25, 0.3) is 20.7 Å². The van der Waals surface area contributed by atoms with Crippen LogP contribution >= 0.6 is 38.6 Å². The monoisotopic (exact) mass is 422 g/mol. The molecule has 3 aromatic heterocycles. The Morgan fingerprint density at radius 1 is 1.38 bits per heavy atom. The number of carbonyl (C=O) groups is 1. The average molecular weight is 423 g/mol. The van der Waals surface area contributed by atoms with E-state index >= 15 is 0 Å². The van der Waals surface area contributed by atoms with Gasteiger partial charge < -0.3 is 10.8 Å². The zero-order valence-electron chi connectivity index (χ0n) is 13.1. The van der Waals surface area contributed by atoms with Gasteiger partial charge >= 0.3 is 5.97 Å². The Labute approximate surface area is 155 Å². The topological polar surface area (TPSA) is 76.2 Å². The van der Waals surface area contributed by atoms with Crippen LogP contribution in [0.5, 0.6) is 0 Å². The van der Waals surface area contributed by atoms with Crippen molar-refractivity contribution in [3.8, 4) is 10.4 Å². The number of thiophene rings is 2. The summed E-state index contributed by atoms with van der Waals surface area (Å²) in [6.07, 6.45) is 1.98. The number of halogens is 1. The number of carboxylic acid groups (broad SMARTS) is 1. The van der Waals surface area contributed by atoms with Gasteiger partial charge in [0.05, 0.1) is 15.2 Å². The van der Waals surface area contributed by atoms with Gasteiger partial charge in [0.2, 0.25) is 0 Å². The lowest BCUT2D eigenvalue weighted by Gasteiger charge is -2.18. The molecule has 4 nitrogen and oxygen atoms in total. The van der Waals surface area contributed by atoms with Crippen molar-refractivity contribution in [3.05, 3.63) is 32.1 Å². The average Bonchev–Trinajstić information content (AvgIpc) is 3.16. The van der Waals surface area contributed by atoms with E-state index in [2.05, 4.69) is 35.8 Å². The van der Waals surface area contributed by atoms with Crippen LogP contribution in [0.4, 0.5) is 5.69 Å². The Hall–Kier alpha value is -1.44. The molecule has 4 rings (SSSR count). The Bertz CT molecular complexity index is 1000. The van der Waals surface area contributed by atoms with Gasteiger partial charge in [-0.1, -0.05) is 13.8 Å². The molecule has 0 saturated heterocycles. The summed E-state index contributed by atoms with van der Waals surface area (Å²) in [6, 6.07) is 4.08. The largest absolute Gasteiger partial charge is 0.477 e. The van der Waals surface area contributed by atoms with Gasteiger partial charge in [-0.15, -0.1) is 22.7 Å². The molecule has 0 saturated carbocycles. The maximum Gasteiger partial charge on any atom is 0.348 e. The molecule has 7 heteroatoms. The van der Waals surface area contributed by atoms with Gasteiger partial charge in [-0.25, -0.2) is 9.78 Å². The SMILES string of the molecule is CC1(C)CCc2c1nc1sc(C(=O)O)c(N)c1c2-c1ccc(Br)s1. The van der Waals surface area contributed by atoms with Crippen molar-refractivity contribution in [3.63, 3.8) is 0 Å². The first-order chi connectivity index (χ1) is 11.3. The standard InChI is InChI=1S/C17H15BrN2O2S2/c1-17(2)6-5-7-10(8-3-4-9(18)23-8)11-12(19)13(16(21)22)24-15(11)20-14(7)17/h3-4H,5-6,19H2,1-2H3,(H,21,22). The molecular weight excluding hydrogens is 408 g/mol. The molecule has 0 aliphatic heterocycles. The van der Waals surface area contributed by atoms with E-state index in [0.717, 1.165) is 43.0 Å². The van der Waals surface area contributed by atoms with Gasteiger partial charge in [-0.2, -0.15) is 0 Å². The maximum absolute atomic E-state index is 11.5. The minimum atomic E-state index is -0.992. The summed E-state index contributed by atoms with van der Waals surface area (Å²) in [5, 5.41) is 10.2. The van der Waals surface area contributed by atoms with Crippen molar-refractivity contribution in [1.82, 2.24) is 4.98 Å². The molecule has 0 radical (unpaired) electrons. The number of hydrogen-bond acceptors (Lipinski definition) is 5. The fraction of sp³-hybridized carbons (Fsp3) is 0.294. The van der Waals surface area contributed by atoms with Crippen LogP contribution in [0, 0.1) is 0 Å². The second kappa shape index (κ2) is 5.28. The summed E-state index contributed by atoms with van der Waals surface area (Å²) in [5.74, 6) is -0.992. The van der Waals surface area contributed by atoms with Gasteiger partial charge in [0.1, 0.15) is 9.71 Å². The highest BCUT2D eigenvalue weighted by Crippen LogP contribution is 2.49. The third-order valence-corrected chi connectivity index (χ3v) is 7.36. The summed E-state index contributed by atoms with van der Waals surface area (Å²) in [7, 11) is 0. The summed E-state index contributed by atoms with van der Waals surface area (Å²) in [6.45, 7) is 4.39. The van der Waals surface area contributed by atoms with Crippen molar-refractivity contribution in [1.29, 1.82) is 0 Å². The summed E-state index contributed by atoms with van der Waals surface area (Å²) in [5.41, 5.74) is 9.91. The lowest BCUT2D eigenvalue weighted by molar-refractivity contribution is 0.0703. The predicted molar refractivity (Wildman–Crippen MR) is 103 cm³/mol. The van der Waals surface area contributed by atoms with E-state index in [0.29, 0.717) is 5.69 Å². The molecule has 0 unspecified atom stereocenters. The van der Waals surface area contributed by atoms with E-state index in [1.165, 1.54) is 16.9 Å². The summed E-state index contributed by atoms with van der Waals surface area (Å²) >= 11 is 6.33. The number of hydrogen-bond donors (Lipinski definition) is 2. The molecule has 1 aliphatic carbocycles. The summed E-state index contributed by atoms with van der Waals surface area (Å²) < 4.78 is 1.04. The van der Waals surface area contributed by atoms with Crippen LogP contribution in [0.15, 0.2) is 15.9 Å². The zero-order chi connectivity index (χ0) is 17.2. The second-order valence-electron chi connectivity index (χ2n) is 6.63. The van der Waals surface area contributed by atoms with Gasteiger partial charge in [-0.05, 0) is 46.5 Å². The number of nitrogen functional groups attached to an aromatic ring is 1. The quantitative estimate of drug-likeness (QED) is 0.587. The Morgan fingerprint density at radius 2 is 2.12 bits per heavy atom. The zero-order valence-corrected chi connectivity index (χ0v) is 16.4. The van der Waals surface area contributed by atoms with Crippen LogP contribution in [0.2, 0.25) is 0 Å². The molecule has 0 amide bonds. The smallest absolute Gasteiger partial charge is 0.348 e. The lowest BCUT2D eigenvalue weighted by atomic mass is 9.90. The number of nitrogens with two attached hydrogens (primary N) is 1. The van der Waals surface area contributed by atoms with Gasteiger partial charge in [0.15, 0.2) is 0 Å². The van der Waals surface area contributed by atoms with Gasteiger partial charge in [0, 0.05) is 21.2 Å². The predicted octanol–water partition coefficient (Wildman–Crippen LogP) is 5.29. The number of nitrogens with zero attached hydrogens (tertiary/aromatic N) is 1. The molecule has 0 bridgehead atoms. The lowest BCUT2D eigenvalue weighted by Crippen LogP contribution is -2.14. The number of pyridine rings is 1. The minimum Gasteiger partial charge on any atom is -0.477 e. The van der Waals surface area contributed by atoms with Gasteiger partial charge in [-0.3, -0.25) is 0 Å². The molecule has 3 N–H and O–H groups in total. The maximum atomic E-state index is 11.5. The van der Waals surface area contributed by atoms with Crippen molar-refractivity contribution < 1.29 is 9.90 Å². The van der Waals surface area contributed by atoms with E-state index in [9.17, 15) is 9.90 Å². The number of fused-ring (bicyclic) bond motifs is 2. The Balaban J connectivity index is 2.16.